The summed E-state index contributed by atoms with van der Waals surface area (Å²) in [6.45, 7) is 3.54. The predicted molar refractivity (Wildman–Crippen MR) is 116 cm³/mol. The van der Waals surface area contributed by atoms with Crippen molar-refractivity contribution in [3.05, 3.63) is 40.0 Å². The third-order valence-corrected chi connectivity index (χ3v) is 6.11. The molecule has 0 unspecified atom stereocenters. The van der Waals surface area contributed by atoms with Crippen molar-refractivity contribution in [2.75, 3.05) is 11.9 Å². The summed E-state index contributed by atoms with van der Waals surface area (Å²) in [6, 6.07) is 5.37. The quantitative estimate of drug-likeness (QED) is 0.308. The first kappa shape index (κ1) is 21.2. The lowest BCUT2D eigenvalue weighted by molar-refractivity contribution is -0.0511. The van der Waals surface area contributed by atoms with Gasteiger partial charge in [-0.3, -0.25) is 4.57 Å². The zero-order valence-electron chi connectivity index (χ0n) is 16.3. The molecule has 160 valence electrons. The molecule has 1 fully saturated rings. The molecule has 0 bridgehead atoms. The topological polar surface area (TPSA) is 146 Å². The Bertz CT molecular complexity index is 1070. The van der Waals surface area contributed by atoms with Crippen LogP contribution >= 0.6 is 22.6 Å². The zero-order chi connectivity index (χ0) is 21.6. The van der Waals surface area contributed by atoms with Crippen LogP contribution in [0.1, 0.15) is 25.6 Å². The monoisotopic (exact) mass is 527 g/mol. The van der Waals surface area contributed by atoms with E-state index in [-0.39, 0.29) is 5.75 Å². The van der Waals surface area contributed by atoms with Gasteiger partial charge in [0.15, 0.2) is 23.2 Å². The molecule has 1 aliphatic rings. The Hall–Kier alpha value is -2.06. The van der Waals surface area contributed by atoms with E-state index in [9.17, 15) is 20.4 Å². The van der Waals surface area contributed by atoms with Crippen molar-refractivity contribution >= 4 is 39.6 Å². The molecule has 0 radical (unpaired) electrons. The number of ether oxygens (including phenoxy) is 1. The van der Waals surface area contributed by atoms with Gasteiger partial charge >= 0.3 is 0 Å². The van der Waals surface area contributed by atoms with Crippen molar-refractivity contribution in [1.29, 1.82) is 0 Å². The van der Waals surface area contributed by atoms with E-state index in [2.05, 4.69) is 42.9 Å². The summed E-state index contributed by atoms with van der Waals surface area (Å²) in [5.41, 5.74) is 1.29. The molecule has 1 aliphatic heterocycles. The van der Waals surface area contributed by atoms with Gasteiger partial charge in [-0.25, -0.2) is 15.0 Å². The smallest absolute Gasteiger partial charge is 0.167 e. The van der Waals surface area contributed by atoms with Gasteiger partial charge in [-0.15, -0.1) is 0 Å². The zero-order valence-corrected chi connectivity index (χ0v) is 18.4. The van der Waals surface area contributed by atoms with Crippen molar-refractivity contribution < 1.29 is 25.2 Å². The van der Waals surface area contributed by atoms with Gasteiger partial charge < -0.3 is 30.5 Å². The fourth-order valence-electron chi connectivity index (χ4n) is 3.50. The maximum absolute atomic E-state index is 10.3. The maximum Gasteiger partial charge on any atom is 0.167 e. The number of benzene rings is 1. The molecule has 0 amide bonds. The maximum atomic E-state index is 10.3. The minimum absolute atomic E-state index is 0.219. The molecule has 0 saturated carbocycles. The molecule has 2 aromatic heterocycles. The van der Waals surface area contributed by atoms with Gasteiger partial charge in [0.2, 0.25) is 0 Å². The van der Waals surface area contributed by atoms with Gasteiger partial charge in [0, 0.05) is 0 Å². The lowest BCUT2D eigenvalue weighted by Gasteiger charge is -2.28. The van der Waals surface area contributed by atoms with Crippen molar-refractivity contribution in [1.82, 2.24) is 19.5 Å². The number of hydrogen-bond donors (Lipinski definition) is 5. The Kier molecular flexibility index (Phi) is 5.57. The second kappa shape index (κ2) is 7.89. The molecule has 3 heterocycles. The van der Waals surface area contributed by atoms with E-state index >= 15 is 0 Å². The number of phenolic OH excluding ortho intramolecular Hbond substituents is 1. The third-order valence-electron chi connectivity index (χ3n) is 5.25. The van der Waals surface area contributed by atoms with Crippen LogP contribution in [0.4, 0.5) is 5.82 Å². The number of nitrogens with one attached hydrogen (secondary N) is 1. The summed E-state index contributed by atoms with van der Waals surface area (Å²) in [5.74, 6) is 0.704. The van der Waals surface area contributed by atoms with E-state index in [1.807, 2.05) is 26.0 Å². The second-order valence-electron chi connectivity index (χ2n) is 7.69. The third kappa shape index (κ3) is 3.60. The van der Waals surface area contributed by atoms with Crippen molar-refractivity contribution in [2.45, 2.75) is 43.9 Å². The van der Waals surface area contributed by atoms with Crippen LogP contribution in [0, 0.1) is 3.57 Å². The van der Waals surface area contributed by atoms with E-state index in [1.165, 1.54) is 17.2 Å². The highest BCUT2D eigenvalue weighted by molar-refractivity contribution is 14.1. The number of aromatic hydroxyl groups is 1. The number of phenols is 1. The lowest BCUT2D eigenvalue weighted by Crippen LogP contribution is -2.33. The first-order valence-electron chi connectivity index (χ1n) is 9.30. The Morgan fingerprint density at radius 3 is 2.63 bits per heavy atom. The molecule has 4 atom stereocenters. The van der Waals surface area contributed by atoms with Crippen LogP contribution in [0.2, 0.25) is 0 Å². The van der Waals surface area contributed by atoms with Gasteiger partial charge in [0.1, 0.15) is 30.4 Å². The van der Waals surface area contributed by atoms with E-state index in [0.717, 1.165) is 9.13 Å². The molecule has 3 aromatic rings. The Balaban J connectivity index is 1.68. The SMILES string of the molecule is CC(C)(Nc1ncnc2c1ncn2[C@@H]1O[C@H](CO)[C@@H](O)[C@H]1O)c1ccc(O)c(I)c1. The van der Waals surface area contributed by atoms with Crippen LogP contribution in [-0.4, -0.2) is 64.9 Å². The Morgan fingerprint density at radius 1 is 1.20 bits per heavy atom. The van der Waals surface area contributed by atoms with Crippen LogP contribution < -0.4 is 5.32 Å². The summed E-state index contributed by atoms with van der Waals surface area (Å²) < 4.78 is 7.84. The van der Waals surface area contributed by atoms with Crippen molar-refractivity contribution in [3.8, 4) is 5.75 Å². The van der Waals surface area contributed by atoms with E-state index in [4.69, 9.17) is 4.74 Å². The summed E-state index contributed by atoms with van der Waals surface area (Å²) in [6.07, 6.45) is -1.44. The van der Waals surface area contributed by atoms with Crippen LogP contribution in [0.15, 0.2) is 30.9 Å². The highest BCUT2D eigenvalue weighted by Gasteiger charge is 2.44. The molecule has 1 saturated heterocycles. The van der Waals surface area contributed by atoms with E-state index < -0.39 is 36.7 Å². The van der Waals surface area contributed by atoms with Gasteiger partial charge in [0.05, 0.1) is 22.0 Å². The predicted octanol–water partition coefficient (Wildman–Crippen LogP) is 1.10. The molecule has 4 rings (SSSR count). The molecule has 0 spiro atoms. The first-order chi connectivity index (χ1) is 14.2. The van der Waals surface area contributed by atoms with Crippen molar-refractivity contribution in [2.24, 2.45) is 0 Å². The largest absolute Gasteiger partial charge is 0.507 e. The fourth-order valence-corrected chi connectivity index (χ4v) is 4.02. The van der Waals surface area contributed by atoms with Gasteiger partial charge in [-0.1, -0.05) is 6.07 Å². The molecular formula is C19H22IN5O5. The van der Waals surface area contributed by atoms with Crippen LogP contribution in [0.25, 0.3) is 11.2 Å². The molecule has 30 heavy (non-hydrogen) atoms. The Morgan fingerprint density at radius 2 is 1.97 bits per heavy atom. The van der Waals surface area contributed by atoms with Crippen molar-refractivity contribution in [3.63, 3.8) is 0 Å². The number of hydrogen-bond acceptors (Lipinski definition) is 9. The number of halogens is 1. The average molecular weight is 527 g/mol. The number of anilines is 1. The molecule has 10 nitrogen and oxygen atoms in total. The minimum atomic E-state index is -1.23. The highest BCUT2D eigenvalue weighted by atomic mass is 127. The summed E-state index contributed by atoms with van der Waals surface area (Å²) in [5, 5.41) is 42.9. The van der Waals surface area contributed by atoms with E-state index in [0.29, 0.717) is 17.0 Å². The Labute approximate surface area is 185 Å². The van der Waals surface area contributed by atoms with Crippen LogP contribution in [-0.2, 0) is 10.3 Å². The summed E-state index contributed by atoms with van der Waals surface area (Å²) in [7, 11) is 0. The molecule has 1 aromatic carbocycles. The lowest BCUT2D eigenvalue weighted by atomic mass is 9.94. The van der Waals surface area contributed by atoms with Crippen LogP contribution in [0.5, 0.6) is 5.75 Å². The first-order valence-corrected chi connectivity index (χ1v) is 10.4. The number of nitrogens with zero attached hydrogens (tertiary/aromatic N) is 4. The second-order valence-corrected chi connectivity index (χ2v) is 8.85. The number of fused-ring (bicyclic) bond motifs is 1. The summed E-state index contributed by atoms with van der Waals surface area (Å²) >= 11 is 2.07. The van der Waals surface area contributed by atoms with Gasteiger partial charge in [0.25, 0.3) is 0 Å². The van der Waals surface area contributed by atoms with Crippen LogP contribution in [0.3, 0.4) is 0 Å². The molecule has 11 heteroatoms. The highest BCUT2D eigenvalue weighted by Crippen LogP contribution is 2.34. The molecular weight excluding hydrogens is 505 g/mol. The van der Waals surface area contributed by atoms with E-state index in [1.54, 1.807) is 6.07 Å². The molecule has 5 N–H and O–H groups in total. The summed E-state index contributed by atoms with van der Waals surface area (Å²) in [4.78, 5) is 13.0. The van der Waals surface area contributed by atoms with Gasteiger partial charge in [-0.05, 0) is 54.1 Å². The minimum Gasteiger partial charge on any atom is -0.507 e. The number of aromatic nitrogens is 4. The normalized spacial score (nSPS) is 24.5. The number of rotatable bonds is 5. The molecule has 0 aliphatic carbocycles. The average Bonchev–Trinajstić information content (AvgIpc) is 3.26. The number of aliphatic hydroxyl groups excluding tert-OH is 3. The number of aliphatic hydroxyl groups is 3. The fraction of sp³-hybridized carbons (Fsp3) is 0.421. The standard InChI is InChI=1S/C19H22IN5O5/c1-19(2,9-3-4-11(27)10(20)5-9)24-16-13-17(22-7-21-16)25(8-23-13)18-15(29)14(28)12(6-26)30-18/h3-5,7-8,12,14-15,18,26-29H,6H2,1-2H3,(H,21,22,24)/t12-,14-,15-,18-/m1/s1. The number of imidazole rings is 1. The van der Waals surface area contributed by atoms with Gasteiger partial charge in [-0.2, -0.15) is 0 Å².